The minimum absolute atomic E-state index is 0.118. The fourth-order valence-electron chi connectivity index (χ4n) is 4.40. The number of benzene rings is 2. The Hall–Kier alpha value is -3.15. The van der Waals surface area contributed by atoms with Gasteiger partial charge in [-0.1, -0.05) is 45.0 Å². The molecule has 0 radical (unpaired) electrons. The Morgan fingerprint density at radius 3 is 2.69 bits per heavy atom. The summed E-state index contributed by atoms with van der Waals surface area (Å²) in [6.45, 7) is 6.26. The van der Waals surface area contributed by atoms with Gasteiger partial charge >= 0.3 is 0 Å². The van der Waals surface area contributed by atoms with Crippen molar-refractivity contribution in [2.24, 2.45) is 15.9 Å². The van der Waals surface area contributed by atoms with Crippen LogP contribution in [0.1, 0.15) is 50.9 Å². The summed E-state index contributed by atoms with van der Waals surface area (Å²) in [5, 5.41) is 13.9. The molecule has 150 valence electrons. The number of hydrogen-bond donors (Lipinski definition) is 3. The molecule has 0 spiro atoms. The van der Waals surface area contributed by atoms with Crippen LogP contribution in [0.25, 0.3) is 11.0 Å². The zero-order valence-corrected chi connectivity index (χ0v) is 16.9. The first-order valence-corrected chi connectivity index (χ1v) is 9.89. The number of aromatic amines is 1. The van der Waals surface area contributed by atoms with Gasteiger partial charge in [-0.25, -0.2) is 10.4 Å². The largest absolute Gasteiger partial charge is 0.507 e. The summed E-state index contributed by atoms with van der Waals surface area (Å²) in [7, 11) is 0. The number of hydrogen-bond acceptors (Lipinski definition) is 4. The van der Waals surface area contributed by atoms with E-state index in [0.29, 0.717) is 5.56 Å². The Labute approximate surface area is 170 Å². The molecular weight excluding hydrogens is 364 g/mol. The maximum Gasteiger partial charge on any atom is 0.246 e. The Morgan fingerprint density at radius 1 is 1.21 bits per heavy atom. The number of rotatable bonds is 4. The van der Waals surface area contributed by atoms with Gasteiger partial charge in [0.25, 0.3) is 0 Å². The molecule has 1 aromatic heterocycles. The van der Waals surface area contributed by atoms with Crippen LogP contribution >= 0.6 is 0 Å². The summed E-state index contributed by atoms with van der Waals surface area (Å²) in [6, 6.07) is 14.9. The number of nitrogens with one attached hydrogen (secondary N) is 2. The van der Waals surface area contributed by atoms with Crippen molar-refractivity contribution >= 4 is 23.2 Å². The van der Waals surface area contributed by atoms with E-state index >= 15 is 0 Å². The highest BCUT2D eigenvalue weighted by atomic mass is 16.3. The number of aromatic hydroxyl groups is 1. The van der Waals surface area contributed by atoms with Crippen molar-refractivity contribution in [3.8, 4) is 5.75 Å². The SMILES string of the molecule is CC1(C)[C@@H](c2nc3ccccc3[nH]2)CC[C@@]1(C)C(=O)N/N=C\c1ccccc1O. The number of amides is 1. The summed E-state index contributed by atoms with van der Waals surface area (Å²) in [5.74, 6) is 1.09. The van der Waals surface area contributed by atoms with Crippen molar-refractivity contribution in [1.82, 2.24) is 15.4 Å². The number of phenolic OH excluding ortho intramolecular Hbond substituents is 1. The number of aromatic nitrogens is 2. The van der Waals surface area contributed by atoms with E-state index in [4.69, 9.17) is 4.98 Å². The molecule has 6 nitrogen and oxygen atoms in total. The molecule has 0 bridgehead atoms. The van der Waals surface area contributed by atoms with Crippen LogP contribution < -0.4 is 5.43 Å². The third-order valence-corrected chi connectivity index (χ3v) is 6.77. The van der Waals surface area contributed by atoms with Gasteiger partial charge in [0.1, 0.15) is 11.6 Å². The molecule has 0 saturated heterocycles. The predicted octanol–water partition coefficient (Wildman–Crippen LogP) is 4.33. The van der Waals surface area contributed by atoms with E-state index in [9.17, 15) is 9.90 Å². The molecule has 2 aromatic carbocycles. The van der Waals surface area contributed by atoms with E-state index in [0.717, 1.165) is 29.7 Å². The molecular formula is C23H26N4O2. The molecule has 0 aliphatic heterocycles. The smallest absolute Gasteiger partial charge is 0.246 e. The lowest BCUT2D eigenvalue weighted by Gasteiger charge is -2.39. The van der Waals surface area contributed by atoms with Crippen molar-refractivity contribution in [1.29, 1.82) is 0 Å². The van der Waals surface area contributed by atoms with E-state index < -0.39 is 5.41 Å². The predicted molar refractivity (Wildman–Crippen MR) is 114 cm³/mol. The van der Waals surface area contributed by atoms with Gasteiger partial charge in [0.05, 0.1) is 22.7 Å². The molecule has 4 rings (SSSR count). The lowest BCUT2D eigenvalue weighted by molar-refractivity contribution is -0.135. The molecule has 0 unspecified atom stereocenters. The van der Waals surface area contributed by atoms with Crippen LogP contribution in [0.15, 0.2) is 53.6 Å². The fraction of sp³-hybridized carbons (Fsp3) is 0.348. The van der Waals surface area contributed by atoms with Crippen LogP contribution in [0.3, 0.4) is 0 Å². The summed E-state index contributed by atoms with van der Waals surface area (Å²) in [4.78, 5) is 21.3. The minimum atomic E-state index is -0.591. The Kier molecular flexibility index (Phi) is 4.65. The van der Waals surface area contributed by atoms with Gasteiger partial charge in [-0.05, 0) is 42.5 Å². The Balaban J connectivity index is 1.54. The zero-order valence-electron chi connectivity index (χ0n) is 16.9. The van der Waals surface area contributed by atoms with Crippen LogP contribution in [0.2, 0.25) is 0 Å². The van der Waals surface area contributed by atoms with Gasteiger partial charge in [0, 0.05) is 11.5 Å². The molecule has 1 heterocycles. The maximum absolute atomic E-state index is 13.1. The average Bonchev–Trinajstić information content (AvgIpc) is 3.22. The second-order valence-electron chi connectivity index (χ2n) is 8.54. The van der Waals surface area contributed by atoms with Gasteiger partial charge in [0.15, 0.2) is 0 Å². The van der Waals surface area contributed by atoms with Gasteiger partial charge in [-0.3, -0.25) is 4.79 Å². The lowest BCUT2D eigenvalue weighted by atomic mass is 9.65. The van der Waals surface area contributed by atoms with E-state index in [1.165, 1.54) is 6.21 Å². The molecule has 3 N–H and O–H groups in total. The Bertz CT molecular complexity index is 1050. The van der Waals surface area contributed by atoms with E-state index in [1.807, 2.05) is 37.3 Å². The molecule has 1 fully saturated rings. The summed E-state index contributed by atoms with van der Waals surface area (Å²) in [5.41, 5.74) is 4.31. The van der Waals surface area contributed by atoms with E-state index in [2.05, 4.69) is 29.4 Å². The molecule has 1 saturated carbocycles. The van der Waals surface area contributed by atoms with E-state index in [1.54, 1.807) is 18.2 Å². The number of H-pyrrole nitrogens is 1. The maximum atomic E-state index is 13.1. The van der Waals surface area contributed by atoms with Crippen molar-refractivity contribution in [3.63, 3.8) is 0 Å². The minimum Gasteiger partial charge on any atom is -0.507 e. The van der Waals surface area contributed by atoms with Crippen LogP contribution in [0.5, 0.6) is 5.75 Å². The molecule has 2 atom stereocenters. The Morgan fingerprint density at radius 2 is 1.93 bits per heavy atom. The number of imidazole rings is 1. The van der Waals surface area contributed by atoms with Crippen molar-refractivity contribution in [2.45, 2.75) is 39.5 Å². The number of carbonyl (C=O) groups is 1. The van der Waals surface area contributed by atoms with Gasteiger partial charge in [0.2, 0.25) is 5.91 Å². The highest BCUT2D eigenvalue weighted by Gasteiger charge is 2.57. The number of para-hydroxylation sites is 3. The highest BCUT2D eigenvalue weighted by Crippen LogP contribution is 2.59. The number of fused-ring (bicyclic) bond motifs is 1. The normalized spacial score (nSPS) is 23.6. The first-order chi connectivity index (χ1) is 13.8. The molecule has 3 aromatic rings. The monoisotopic (exact) mass is 390 g/mol. The van der Waals surface area contributed by atoms with Crippen LogP contribution in [-0.4, -0.2) is 27.2 Å². The van der Waals surface area contributed by atoms with Crippen molar-refractivity contribution in [2.75, 3.05) is 0 Å². The number of carbonyl (C=O) groups excluding carboxylic acids is 1. The molecule has 29 heavy (non-hydrogen) atoms. The van der Waals surface area contributed by atoms with Gasteiger partial charge in [-0.15, -0.1) is 0 Å². The van der Waals surface area contributed by atoms with Crippen LogP contribution in [-0.2, 0) is 4.79 Å². The summed E-state index contributed by atoms with van der Waals surface area (Å²) < 4.78 is 0. The second kappa shape index (κ2) is 7.03. The third-order valence-electron chi connectivity index (χ3n) is 6.77. The zero-order chi connectivity index (χ0) is 20.6. The standard InChI is InChI=1S/C23H26N4O2/c1-22(2)16(20-25-17-9-5-6-10-18(17)26-20)12-13-23(22,3)21(29)27-24-14-15-8-4-7-11-19(15)28/h4-11,14,16,28H,12-13H2,1-3H3,(H,25,26)(H,27,29)/b24-14-/t16-,23+/m1/s1. The topological polar surface area (TPSA) is 90.4 Å². The molecule has 6 heteroatoms. The number of phenols is 1. The van der Waals surface area contributed by atoms with Gasteiger partial charge in [-0.2, -0.15) is 5.10 Å². The highest BCUT2D eigenvalue weighted by molar-refractivity contribution is 5.87. The summed E-state index contributed by atoms with van der Waals surface area (Å²) in [6.07, 6.45) is 3.09. The first kappa shape index (κ1) is 19.2. The molecule has 1 aliphatic rings. The third kappa shape index (κ3) is 3.18. The van der Waals surface area contributed by atoms with Crippen molar-refractivity contribution < 1.29 is 9.90 Å². The lowest BCUT2D eigenvalue weighted by Crippen LogP contribution is -2.45. The van der Waals surface area contributed by atoms with Crippen molar-refractivity contribution in [3.05, 3.63) is 59.9 Å². The fourth-order valence-corrected chi connectivity index (χ4v) is 4.40. The average molecular weight is 390 g/mol. The van der Waals surface area contributed by atoms with Crippen LogP contribution in [0.4, 0.5) is 0 Å². The van der Waals surface area contributed by atoms with E-state index in [-0.39, 0.29) is 23.0 Å². The van der Waals surface area contributed by atoms with Gasteiger partial charge < -0.3 is 10.1 Å². The number of nitrogens with zero attached hydrogens (tertiary/aromatic N) is 2. The number of hydrazone groups is 1. The molecule has 1 amide bonds. The molecule has 1 aliphatic carbocycles. The first-order valence-electron chi connectivity index (χ1n) is 9.89. The quantitative estimate of drug-likeness (QED) is 0.457. The second-order valence-corrected chi connectivity index (χ2v) is 8.54. The summed E-state index contributed by atoms with van der Waals surface area (Å²) >= 11 is 0. The van der Waals surface area contributed by atoms with Crippen LogP contribution in [0, 0.1) is 10.8 Å².